The van der Waals surface area contributed by atoms with Gasteiger partial charge in [-0.25, -0.2) is 9.18 Å². The Balaban J connectivity index is -0.000000183. The number of aliphatic hydroxyl groups is 1. The van der Waals surface area contributed by atoms with Gasteiger partial charge in [0.1, 0.15) is 4.87 Å². The molecule has 4 rings (SSSR count). The molecule has 9 unspecified atom stereocenters. The van der Waals surface area contributed by atoms with E-state index in [0.29, 0.717) is 24.7 Å². The Bertz CT molecular complexity index is 2480. The van der Waals surface area contributed by atoms with Crippen LogP contribution in [0.15, 0.2) is 72.8 Å². The van der Waals surface area contributed by atoms with Crippen LogP contribution < -0.4 is 0 Å². The summed E-state index contributed by atoms with van der Waals surface area (Å²) < 4.78 is 75.7. The number of benzene rings is 3. The molecule has 0 spiro atoms. The van der Waals surface area contributed by atoms with Gasteiger partial charge in [0.25, 0.3) is 0 Å². The van der Waals surface area contributed by atoms with Gasteiger partial charge in [0.05, 0.1) is 66.0 Å². The Morgan fingerprint density at radius 3 is 1.17 bits per heavy atom. The number of ether oxygens (including phenoxy) is 6. The van der Waals surface area contributed by atoms with Crippen LogP contribution in [0.4, 0.5) is 17.6 Å². The SMILES string of the molecule is CC.CC.CC1C(=O)N(C)C(=O)C1C.CCC(C)(C(=O)OC)C(F)(F)F.CCC(C)(C)C(=O)OC.CCC(C)(CO)C(=O)OC.CCC(C)(Cl)C(=O)OC.CCC(C)(F)C(=O)OC.CCC(C)C(=O)OC.CCC(C)c1cccc2ccccc12.CCC(C)c1ccccc1. The lowest BCUT2D eigenvalue weighted by Crippen LogP contribution is -2.42. The number of esters is 6. The van der Waals surface area contributed by atoms with Crippen LogP contribution in [0.2, 0.25) is 0 Å². The quantitative estimate of drug-likeness (QED) is 0.0437. The first-order chi connectivity index (χ1) is 44.0. The molecule has 0 aromatic heterocycles. The Morgan fingerprint density at radius 1 is 0.516 bits per heavy atom. The number of aliphatic hydroxyl groups excluding tert-OH is 1. The van der Waals surface area contributed by atoms with Crippen molar-refractivity contribution in [2.24, 2.45) is 34.0 Å². The van der Waals surface area contributed by atoms with Crippen LogP contribution >= 0.6 is 11.6 Å². The summed E-state index contributed by atoms with van der Waals surface area (Å²) in [5.74, 6) is -1.96. The first-order valence-electron chi connectivity index (χ1n) is 32.9. The maximum Gasteiger partial charge on any atom is 0.404 e. The van der Waals surface area contributed by atoms with Crippen LogP contribution in [0.1, 0.15) is 234 Å². The fourth-order valence-corrected chi connectivity index (χ4v) is 6.90. The fraction of sp³-hybridized carbons (Fsp3) is 0.676. The number of methoxy groups -OCH3 is 6. The maximum absolute atomic E-state index is 12.7. The van der Waals surface area contributed by atoms with Crippen LogP contribution in [0.25, 0.3) is 10.8 Å². The normalized spacial score (nSPS) is 16.0. The second kappa shape index (κ2) is 53.9. The molecule has 1 saturated heterocycles. The molecule has 3 aromatic carbocycles. The molecule has 95 heavy (non-hydrogen) atoms. The van der Waals surface area contributed by atoms with Crippen molar-refractivity contribution < 1.29 is 89.4 Å². The molecule has 1 N–H and O–H groups in total. The Hall–Kier alpha value is -6.15. The summed E-state index contributed by atoms with van der Waals surface area (Å²) in [6.45, 7) is 41.9. The summed E-state index contributed by atoms with van der Waals surface area (Å²) in [6, 6.07) is 25.8. The molecule has 1 fully saturated rings. The molecule has 1 aliphatic rings. The zero-order valence-electron chi connectivity index (χ0n) is 63.7. The van der Waals surface area contributed by atoms with Gasteiger partial charge >= 0.3 is 42.0 Å². The predicted molar refractivity (Wildman–Crippen MR) is 377 cm³/mol. The zero-order chi connectivity index (χ0) is 76.5. The van der Waals surface area contributed by atoms with Crippen LogP contribution in [0.3, 0.4) is 0 Å². The average Bonchev–Trinajstić information content (AvgIpc) is 1.30. The Labute approximate surface area is 575 Å². The predicted octanol–water partition coefficient (Wildman–Crippen LogP) is 18.2. The lowest BCUT2D eigenvalue weighted by Gasteiger charge is -2.27. The Kier molecular flexibility index (Phi) is 58.1. The van der Waals surface area contributed by atoms with Gasteiger partial charge in [-0.05, 0) is 127 Å². The van der Waals surface area contributed by atoms with Gasteiger partial charge < -0.3 is 33.5 Å². The van der Waals surface area contributed by atoms with Crippen molar-refractivity contribution in [3.05, 3.63) is 83.9 Å². The Morgan fingerprint density at radius 2 is 0.926 bits per heavy atom. The molecule has 0 saturated carbocycles. The topological polar surface area (TPSA) is 215 Å². The van der Waals surface area contributed by atoms with Crippen molar-refractivity contribution in [3.63, 3.8) is 0 Å². The minimum atomic E-state index is -4.55. The summed E-state index contributed by atoms with van der Waals surface area (Å²) in [4.78, 5) is 86.7. The third-order valence-electron chi connectivity index (χ3n) is 16.3. The maximum atomic E-state index is 12.7. The van der Waals surface area contributed by atoms with Crippen molar-refractivity contribution in [1.29, 1.82) is 0 Å². The number of amides is 2. The molecule has 16 nitrogen and oxygen atoms in total. The molecule has 0 aliphatic carbocycles. The number of hydrogen-bond acceptors (Lipinski definition) is 15. The van der Waals surface area contributed by atoms with Crippen LogP contribution in [0, 0.1) is 34.0 Å². The smallest absolute Gasteiger partial charge is 0.404 e. The molecule has 21 heteroatoms. The van der Waals surface area contributed by atoms with E-state index in [4.69, 9.17) is 16.7 Å². The van der Waals surface area contributed by atoms with E-state index in [2.05, 4.69) is 129 Å². The first kappa shape index (κ1) is 102. The molecule has 2 amide bonds. The number of halogens is 5. The molecule has 1 heterocycles. The van der Waals surface area contributed by atoms with Gasteiger partial charge in [0.2, 0.25) is 17.5 Å². The number of fused-ring (bicyclic) bond motifs is 1. The lowest BCUT2D eigenvalue weighted by atomic mass is 9.87. The van der Waals surface area contributed by atoms with Gasteiger partial charge in [-0.3, -0.25) is 38.5 Å². The standard InChI is InChI=1S/C14H16.C10H14.C7H11F3O2.C7H11NO2.C7H14O3.C7H14O2.C6H11ClO2.C6H11FO2.C6H12O2.2C2H6/c1-3-11(2)13-10-6-8-12-7-4-5-9-14(12)13;1-3-9(2)10-7-5-4-6-8-10;1-4-6(2,5(11)12-3)7(8,9)10;1-4-5(2)7(10)8(3)6(4)9;1-4-7(2,5-8)6(9)10-3;1-5-7(2,3)6(8)9-4;2*1-4-6(2,7)5(8)9-3;1-4-5(2)6(7)8-3;2*1-2/h4-11H,3H2,1-2H3;4-9H,3H2,1-2H3;4H2,1-3H3;4-5H,1-3H3;8H,4-5H2,1-3H3;5H2,1-4H3;2*4H2,1-3H3;5H,4H2,1-3H3;2*1-2H3. The van der Waals surface area contributed by atoms with E-state index in [1.165, 1.54) is 96.1 Å². The van der Waals surface area contributed by atoms with E-state index < -0.39 is 39.5 Å². The van der Waals surface area contributed by atoms with Gasteiger partial charge in [0.15, 0.2) is 5.41 Å². The highest BCUT2D eigenvalue weighted by molar-refractivity contribution is 6.33. The van der Waals surface area contributed by atoms with Gasteiger partial charge in [-0.2, -0.15) is 13.2 Å². The average molecular weight is 1380 g/mol. The van der Waals surface area contributed by atoms with Crippen LogP contribution in [0.5, 0.6) is 0 Å². The minimum absolute atomic E-state index is 0.0556. The molecule has 0 radical (unpaired) electrons. The lowest BCUT2D eigenvalue weighted by molar-refractivity contribution is -0.229. The molecule has 1 aliphatic heterocycles. The van der Waals surface area contributed by atoms with Crippen LogP contribution in [-0.2, 0) is 66.8 Å². The first-order valence-corrected chi connectivity index (χ1v) is 33.2. The van der Waals surface area contributed by atoms with Gasteiger partial charge in [-0.15, -0.1) is 11.6 Å². The summed E-state index contributed by atoms with van der Waals surface area (Å²) in [5, 5.41) is 11.5. The number of likely N-dealkylation sites (tertiary alicyclic amines) is 1. The second-order valence-corrected chi connectivity index (χ2v) is 24.1. The van der Waals surface area contributed by atoms with Crippen molar-refractivity contribution in [2.45, 2.75) is 239 Å². The van der Waals surface area contributed by atoms with E-state index in [9.17, 15) is 55.9 Å². The van der Waals surface area contributed by atoms with Crippen molar-refractivity contribution in [2.75, 3.05) is 56.3 Å². The van der Waals surface area contributed by atoms with Crippen molar-refractivity contribution >= 4 is 70.0 Å². The van der Waals surface area contributed by atoms with Crippen molar-refractivity contribution in [3.8, 4) is 0 Å². The summed E-state index contributed by atoms with van der Waals surface area (Å²) in [5.41, 5.74) is -2.28. The third-order valence-corrected chi connectivity index (χ3v) is 16.7. The van der Waals surface area contributed by atoms with E-state index in [-0.39, 0.29) is 78.3 Å². The van der Waals surface area contributed by atoms with E-state index >= 15 is 0 Å². The summed E-state index contributed by atoms with van der Waals surface area (Å²) in [7, 11) is 9.14. The number of hydrogen-bond donors (Lipinski definition) is 1. The summed E-state index contributed by atoms with van der Waals surface area (Å²) >= 11 is 5.70. The number of carbonyl (C=O) groups excluding carboxylic acids is 8. The number of nitrogens with zero attached hydrogens (tertiary/aromatic N) is 1. The van der Waals surface area contributed by atoms with E-state index in [1.807, 2.05) is 76.2 Å². The zero-order valence-corrected chi connectivity index (χ0v) is 64.4. The highest BCUT2D eigenvalue weighted by atomic mass is 35.5. The monoisotopic (exact) mass is 1380 g/mol. The second-order valence-electron chi connectivity index (χ2n) is 23.3. The molecular weight excluding hydrogens is 1250 g/mol. The van der Waals surface area contributed by atoms with E-state index in [0.717, 1.165) is 26.9 Å². The molecule has 9 atom stereocenters. The van der Waals surface area contributed by atoms with E-state index in [1.54, 1.807) is 34.6 Å². The number of imide groups is 1. The highest BCUT2D eigenvalue weighted by Gasteiger charge is 2.56. The third kappa shape index (κ3) is 38.4. The molecule has 3 aromatic rings. The highest BCUT2D eigenvalue weighted by Crippen LogP contribution is 2.41. The number of rotatable bonds is 17. The number of alkyl halides is 5. The number of carbonyl (C=O) groups is 8. The van der Waals surface area contributed by atoms with Crippen molar-refractivity contribution in [1.82, 2.24) is 4.90 Å². The molecule has 0 bridgehead atoms. The van der Waals surface area contributed by atoms with Gasteiger partial charge in [0, 0.05) is 18.9 Å². The fourth-order valence-electron chi connectivity index (χ4n) is 6.82. The largest absolute Gasteiger partial charge is 0.469 e. The van der Waals surface area contributed by atoms with Gasteiger partial charge in [-0.1, -0.05) is 190 Å². The minimum Gasteiger partial charge on any atom is -0.469 e. The van der Waals surface area contributed by atoms with Crippen LogP contribution in [-0.4, -0.2) is 131 Å². The molecule has 552 valence electrons. The summed E-state index contributed by atoms with van der Waals surface area (Å²) in [6.07, 6.45) is 0.569. The molecular formula is C74H126ClF4NO15.